The molecule has 0 radical (unpaired) electrons. The quantitative estimate of drug-likeness (QED) is 0.277. The van der Waals surface area contributed by atoms with Crippen molar-refractivity contribution in [1.29, 1.82) is 0 Å². The molecule has 0 spiro atoms. The average Bonchev–Trinajstić information content (AvgIpc) is 3.47. The number of hydrogen-bond acceptors (Lipinski definition) is 8. The number of aryl methyl sites for hydroxylation is 1. The minimum Gasteiger partial charge on any atom is -0.369 e. The maximum Gasteiger partial charge on any atom is 0.416 e. The van der Waals surface area contributed by atoms with Crippen molar-refractivity contribution < 1.29 is 21.6 Å². The highest BCUT2D eigenvalue weighted by atomic mass is 32.2. The van der Waals surface area contributed by atoms with Gasteiger partial charge in [0.05, 0.1) is 17.8 Å². The zero-order chi connectivity index (χ0) is 30.2. The van der Waals surface area contributed by atoms with E-state index >= 15 is 0 Å². The van der Waals surface area contributed by atoms with Crippen LogP contribution in [0.2, 0.25) is 0 Å². The maximum absolute atomic E-state index is 13.1. The topological polar surface area (TPSA) is 127 Å². The van der Waals surface area contributed by atoms with Gasteiger partial charge in [-0.2, -0.15) is 18.2 Å². The standard InChI is InChI=1S/C29H25F3N8O2S/c1-18-4-5-22(39-43(41,42)17-23-12-21(6-8-34-23)29(30,31)32)13-24(18)25-11-20-16-37-28(36-15-19-3-2-7-33-14-19)38-26(20)40-10-9-35-27(25)40/h2-8,11-14,16,35,39H,9-10,15,17H2,1H3. The molecule has 43 heavy (non-hydrogen) atoms. The molecule has 0 amide bonds. The fraction of sp³-hybridized carbons (Fsp3) is 0.207. The SMILES string of the molecule is Cc1ccc(NS(=O)(=O)Cc2cc(C(F)(F)F)ccn2)cc1-c1cc2cnc(=NCc3cccnc3)nc-2n2c1NCC2. The highest BCUT2D eigenvalue weighted by Gasteiger charge is 2.31. The first-order valence-electron chi connectivity index (χ1n) is 13.2. The monoisotopic (exact) mass is 606 g/mol. The molecule has 5 heterocycles. The van der Waals surface area contributed by atoms with Crippen LogP contribution < -0.4 is 15.7 Å². The molecule has 0 atom stereocenters. The minimum atomic E-state index is -4.60. The third kappa shape index (κ3) is 6.18. The number of rotatable bonds is 7. The largest absolute Gasteiger partial charge is 0.416 e. The molecule has 3 aliphatic rings. The van der Waals surface area contributed by atoms with Crippen molar-refractivity contribution in [3.05, 3.63) is 101 Å². The van der Waals surface area contributed by atoms with Crippen LogP contribution in [0, 0.1) is 6.92 Å². The summed E-state index contributed by atoms with van der Waals surface area (Å²) in [5.41, 5.74) is 3.66. The van der Waals surface area contributed by atoms with Crippen molar-refractivity contribution in [3.63, 3.8) is 0 Å². The second-order valence-electron chi connectivity index (χ2n) is 10.0. The third-order valence-corrected chi connectivity index (χ3v) is 8.12. The number of nitrogens with one attached hydrogen (secondary N) is 2. The van der Waals surface area contributed by atoms with E-state index in [1.54, 1.807) is 36.8 Å². The fourth-order valence-electron chi connectivity index (χ4n) is 4.92. The van der Waals surface area contributed by atoms with Crippen molar-refractivity contribution in [3.8, 4) is 22.5 Å². The number of hydrogen-bond donors (Lipinski definition) is 2. The van der Waals surface area contributed by atoms with E-state index in [-0.39, 0.29) is 11.4 Å². The lowest BCUT2D eigenvalue weighted by Crippen LogP contribution is -2.18. The lowest BCUT2D eigenvalue weighted by atomic mass is 9.98. The molecule has 6 rings (SSSR count). The summed E-state index contributed by atoms with van der Waals surface area (Å²) in [5, 5.41) is 3.41. The number of sulfonamides is 1. The van der Waals surface area contributed by atoms with E-state index in [2.05, 4.69) is 30.0 Å². The summed E-state index contributed by atoms with van der Waals surface area (Å²) in [6.45, 7) is 3.64. The second kappa shape index (κ2) is 11.1. The Labute approximate surface area is 244 Å². The van der Waals surface area contributed by atoms with E-state index in [0.29, 0.717) is 31.1 Å². The number of fused-ring (bicyclic) bond motifs is 3. The summed E-state index contributed by atoms with van der Waals surface area (Å²) >= 11 is 0. The second-order valence-corrected chi connectivity index (χ2v) is 11.8. The molecule has 10 nitrogen and oxygen atoms in total. The van der Waals surface area contributed by atoms with Crippen LogP contribution in [0.25, 0.3) is 22.5 Å². The Kier molecular flexibility index (Phi) is 7.30. The van der Waals surface area contributed by atoms with Crippen LogP contribution in [0.3, 0.4) is 0 Å². The Bertz CT molecular complexity index is 1960. The Morgan fingerprint density at radius 2 is 1.91 bits per heavy atom. The normalized spacial score (nSPS) is 13.6. The molecule has 14 heteroatoms. The van der Waals surface area contributed by atoms with Crippen LogP contribution in [0.15, 0.2) is 78.3 Å². The summed E-state index contributed by atoms with van der Waals surface area (Å²) in [6, 6.07) is 12.3. The van der Waals surface area contributed by atoms with Gasteiger partial charge in [-0.05, 0) is 60.0 Å². The number of aromatic nitrogens is 5. The number of pyridine rings is 3. The summed E-state index contributed by atoms with van der Waals surface area (Å²) < 4.78 is 69.6. The first-order valence-corrected chi connectivity index (χ1v) is 14.9. The van der Waals surface area contributed by atoms with E-state index in [1.165, 1.54) is 0 Å². The van der Waals surface area contributed by atoms with Gasteiger partial charge in [0.15, 0.2) is 0 Å². The van der Waals surface area contributed by atoms with Gasteiger partial charge in [-0.25, -0.2) is 18.4 Å². The predicted molar refractivity (Wildman–Crippen MR) is 154 cm³/mol. The van der Waals surface area contributed by atoms with Crippen molar-refractivity contribution in [2.45, 2.75) is 31.9 Å². The van der Waals surface area contributed by atoms with Gasteiger partial charge >= 0.3 is 6.18 Å². The first kappa shape index (κ1) is 28.3. The van der Waals surface area contributed by atoms with E-state index in [9.17, 15) is 21.6 Å². The lowest BCUT2D eigenvalue weighted by molar-refractivity contribution is -0.137. The van der Waals surface area contributed by atoms with Crippen LogP contribution in [0.1, 0.15) is 22.4 Å². The van der Waals surface area contributed by atoms with Crippen molar-refractivity contribution in [2.24, 2.45) is 4.99 Å². The predicted octanol–water partition coefficient (Wildman–Crippen LogP) is 4.64. The van der Waals surface area contributed by atoms with Crippen LogP contribution in [0.5, 0.6) is 0 Å². The van der Waals surface area contributed by atoms with Gasteiger partial charge in [-0.15, -0.1) is 0 Å². The summed E-state index contributed by atoms with van der Waals surface area (Å²) in [6.07, 6.45) is 1.50. The van der Waals surface area contributed by atoms with E-state index in [1.807, 2.05) is 29.7 Å². The smallest absolute Gasteiger partial charge is 0.369 e. The van der Waals surface area contributed by atoms with Gasteiger partial charge in [0.25, 0.3) is 0 Å². The van der Waals surface area contributed by atoms with Crippen molar-refractivity contribution in [1.82, 2.24) is 24.5 Å². The molecule has 1 aromatic carbocycles. The maximum atomic E-state index is 13.1. The molecule has 3 aliphatic heterocycles. The molecule has 2 N–H and O–H groups in total. The van der Waals surface area contributed by atoms with E-state index in [4.69, 9.17) is 4.98 Å². The number of benzene rings is 1. The highest BCUT2D eigenvalue weighted by Crippen LogP contribution is 2.39. The summed E-state index contributed by atoms with van der Waals surface area (Å²) in [7, 11) is -4.07. The van der Waals surface area contributed by atoms with Crippen LogP contribution in [-0.4, -0.2) is 39.5 Å². The number of alkyl halides is 3. The molecule has 0 aliphatic carbocycles. The number of anilines is 2. The number of halogens is 3. The zero-order valence-corrected chi connectivity index (χ0v) is 23.6. The Balaban J connectivity index is 1.31. The lowest BCUT2D eigenvalue weighted by Gasteiger charge is -2.19. The fourth-order valence-corrected chi connectivity index (χ4v) is 6.02. The molecule has 0 saturated carbocycles. The Morgan fingerprint density at radius 1 is 1.05 bits per heavy atom. The molecular formula is C29H25F3N8O2S. The van der Waals surface area contributed by atoms with Crippen LogP contribution in [0.4, 0.5) is 24.7 Å². The van der Waals surface area contributed by atoms with E-state index in [0.717, 1.165) is 52.0 Å². The molecule has 0 fully saturated rings. The number of nitrogens with zero attached hydrogens (tertiary/aromatic N) is 6. The van der Waals surface area contributed by atoms with Crippen LogP contribution in [-0.2, 0) is 35.0 Å². The van der Waals surface area contributed by atoms with Gasteiger partial charge in [0, 0.05) is 54.7 Å². The highest BCUT2D eigenvalue weighted by molar-refractivity contribution is 7.91. The zero-order valence-electron chi connectivity index (χ0n) is 22.8. The van der Waals surface area contributed by atoms with Crippen molar-refractivity contribution in [2.75, 3.05) is 16.6 Å². The Morgan fingerprint density at radius 3 is 2.70 bits per heavy atom. The molecule has 0 bridgehead atoms. The molecule has 2 aromatic heterocycles. The summed E-state index contributed by atoms with van der Waals surface area (Å²) in [5.74, 6) is 0.821. The molecule has 3 aromatic rings. The van der Waals surface area contributed by atoms with Gasteiger partial charge < -0.3 is 9.88 Å². The van der Waals surface area contributed by atoms with Gasteiger partial charge in [-0.1, -0.05) is 12.1 Å². The van der Waals surface area contributed by atoms with Gasteiger partial charge in [0.2, 0.25) is 15.6 Å². The molecule has 0 unspecified atom stereocenters. The van der Waals surface area contributed by atoms with E-state index < -0.39 is 27.5 Å². The van der Waals surface area contributed by atoms with Gasteiger partial charge in [-0.3, -0.25) is 14.7 Å². The third-order valence-electron chi connectivity index (χ3n) is 6.90. The minimum absolute atomic E-state index is 0.214. The van der Waals surface area contributed by atoms with Crippen LogP contribution >= 0.6 is 0 Å². The first-order chi connectivity index (χ1) is 20.6. The average molecular weight is 607 g/mol. The Hall–Kier alpha value is -4.85. The van der Waals surface area contributed by atoms with Gasteiger partial charge in [0.1, 0.15) is 17.4 Å². The summed E-state index contributed by atoms with van der Waals surface area (Å²) in [4.78, 5) is 21.6. The molecule has 0 saturated heterocycles. The molecule has 220 valence electrons. The van der Waals surface area contributed by atoms with Crippen molar-refractivity contribution >= 4 is 21.5 Å². The molecular weight excluding hydrogens is 581 g/mol.